The number of aryl methyl sites for hydroxylation is 1. The minimum atomic E-state index is -0.957. The molecule has 0 aliphatic heterocycles. The molecule has 3 rings (SSSR count). The smallest absolute Gasteiger partial charge is 0.347 e. The minimum Gasteiger partial charge on any atom is -0.477 e. The maximum Gasteiger partial charge on any atom is 0.347 e. The van der Waals surface area contributed by atoms with Crippen molar-refractivity contribution < 1.29 is 9.90 Å². The van der Waals surface area contributed by atoms with Crippen molar-refractivity contribution >= 4 is 51.5 Å². The molecule has 0 fully saturated rings. The average molecular weight is 342 g/mol. The Morgan fingerprint density at radius 2 is 2.10 bits per heavy atom. The molecular weight excluding hydrogens is 333 g/mol. The van der Waals surface area contributed by atoms with Crippen molar-refractivity contribution in [3.8, 4) is 0 Å². The largest absolute Gasteiger partial charge is 0.477 e. The lowest BCUT2D eigenvalue weighted by Gasteiger charge is -2.02. The summed E-state index contributed by atoms with van der Waals surface area (Å²) < 4.78 is 1.86. The monoisotopic (exact) mass is 341 g/mol. The van der Waals surface area contributed by atoms with E-state index in [1.807, 2.05) is 4.57 Å². The normalized spacial score (nSPS) is 11.2. The van der Waals surface area contributed by atoms with E-state index in [4.69, 9.17) is 28.3 Å². The van der Waals surface area contributed by atoms with E-state index in [0.717, 1.165) is 22.4 Å². The van der Waals surface area contributed by atoms with Crippen molar-refractivity contribution in [2.75, 3.05) is 0 Å². The fraction of sp³-hybridized carbons (Fsp3) is 0.154. The molecule has 0 saturated carbocycles. The molecule has 0 radical (unpaired) electrons. The van der Waals surface area contributed by atoms with Crippen LogP contribution in [0, 0.1) is 6.92 Å². The zero-order valence-electron chi connectivity index (χ0n) is 10.8. The lowest BCUT2D eigenvalue weighted by Crippen LogP contribution is -1.97. The number of fused-ring (bicyclic) bond motifs is 1. The van der Waals surface area contributed by atoms with Gasteiger partial charge in [-0.2, -0.15) is 0 Å². The second kappa shape index (κ2) is 5.29. The summed E-state index contributed by atoms with van der Waals surface area (Å²) in [4.78, 5) is 19.9. The number of benzene rings is 1. The molecule has 1 aromatic carbocycles. The van der Waals surface area contributed by atoms with E-state index in [2.05, 4.69) is 9.97 Å². The quantitative estimate of drug-likeness (QED) is 0.785. The molecule has 2 heterocycles. The lowest BCUT2D eigenvalue weighted by atomic mass is 10.3. The number of aromatic nitrogens is 3. The third-order valence-corrected chi connectivity index (χ3v) is 4.86. The van der Waals surface area contributed by atoms with Gasteiger partial charge in [0.05, 0.1) is 39.6 Å². The van der Waals surface area contributed by atoms with E-state index in [0.29, 0.717) is 27.3 Å². The molecule has 0 saturated heterocycles. The second-order valence-electron chi connectivity index (χ2n) is 4.45. The molecule has 0 bridgehead atoms. The standard InChI is InChI=1S/C13H9Cl2N3O2S/c1-6-12(13(19)20)21-11(17-6)4-18-5-16-9-2-7(14)8(15)3-10(9)18/h2-3,5H,4H2,1H3,(H,19,20). The highest BCUT2D eigenvalue weighted by atomic mass is 35.5. The number of nitrogens with zero attached hydrogens (tertiary/aromatic N) is 3. The van der Waals surface area contributed by atoms with E-state index in [1.54, 1.807) is 25.4 Å². The number of aromatic carboxylic acids is 1. The summed E-state index contributed by atoms with van der Waals surface area (Å²) >= 11 is 13.1. The van der Waals surface area contributed by atoms with Crippen LogP contribution in [0.1, 0.15) is 20.4 Å². The van der Waals surface area contributed by atoms with Crippen molar-refractivity contribution in [1.29, 1.82) is 0 Å². The van der Waals surface area contributed by atoms with Crippen LogP contribution in [-0.4, -0.2) is 25.6 Å². The van der Waals surface area contributed by atoms with Gasteiger partial charge >= 0.3 is 5.97 Å². The highest BCUT2D eigenvalue weighted by Gasteiger charge is 2.15. The molecule has 3 aromatic rings. The first-order valence-corrected chi connectivity index (χ1v) is 7.52. The van der Waals surface area contributed by atoms with Gasteiger partial charge in [-0.05, 0) is 19.1 Å². The third-order valence-electron chi connectivity index (χ3n) is 3.00. The molecule has 0 unspecified atom stereocenters. The van der Waals surface area contributed by atoms with Gasteiger partial charge in [0, 0.05) is 0 Å². The van der Waals surface area contributed by atoms with Crippen LogP contribution in [0.5, 0.6) is 0 Å². The summed E-state index contributed by atoms with van der Waals surface area (Å²) in [5.41, 5.74) is 2.08. The molecule has 0 aliphatic carbocycles. The predicted molar refractivity (Wildman–Crippen MR) is 82.7 cm³/mol. The lowest BCUT2D eigenvalue weighted by molar-refractivity contribution is 0.0701. The Balaban J connectivity index is 2.00. The molecule has 21 heavy (non-hydrogen) atoms. The Morgan fingerprint density at radius 3 is 2.76 bits per heavy atom. The number of carbonyl (C=O) groups is 1. The van der Waals surface area contributed by atoms with Crippen molar-refractivity contribution in [3.05, 3.63) is 44.1 Å². The third kappa shape index (κ3) is 2.62. The Labute approximate surface area is 133 Å². The highest BCUT2D eigenvalue weighted by molar-refractivity contribution is 7.13. The number of thiazole rings is 1. The molecule has 0 amide bonds. The van der Waals surface area contributed by atoms with Gasteiger partial charge in [0.2, 0.25) is 0 Å². The first kappa shape index (κ1) is 14.3. The van der Waals surface area contributed by atoms with E-state index in [1.165, 1.54) is 0 Å². The van der Waals surface area contributed by atoms with Crippen molar-refractivity contribution in [1.82, 2.24) is 14.5 Å². The highest BCUT2D eigenvalue weighted by Crippen LogP contribution is 2.28. The summed E-state index contributed by atoms with van der Waals surface area (Å²) in [6.45, 7) is 2.12. The van der Waals surface area contributed by atoms with Gasteiger partial charge in [0.25, 0.3) is 0 Å². The zero-order chi connectivity index (χ0) is 15.1. The Kier molecular flexibility index (Phi) is 3.61. The summed E-state index contributed by atoms with van der Waals surface area (Å²) in [5.74, 6) is -0.957. The molecule has 108 valence electrons. The van der Waals surface area contributed by atoms with Gasteiger partial charge in [0.1, 0.15) is 9.88 Å². The number of carboxylic acid groups (broad SMARTS) is 1. The Hall–Kier alpha value is -1.63. The Bertz CT molecular complexity index is 857. The van der Waals surface area contributed by atoms with E-state index in [9.17, 15) is 4.79 Å². The van der Waals surface area contributed by atoms with E-state index >= 15 is 0 Å². The first-order valence-electron chi connectivity index (χ1n) is 5.95. The number of imidazole rings is 1. The molecule has 1 N–H and O–H groups in total. The van der Waals surface area contributed by atoms with Gasteiger partial charge in [-0.3, -0.25) is 0 Å². The fourth-order valence-electron chi connectivity index (χ4n) is 2.04. The van der Waals surface area contributed by atoms with Gasteiger partial charge < -0.3 is 9.67 Å². The molecule has 8 heteroatoms. The maximum atomic E-state index is 11.1. The summed E-state index contributed by atoms with van der Waals surface area (Å²) in [7, 11) is 0. The van der Waals surface area contributed by atoms with Crippen LogP contribution in [0.15, 0.2) is 18.5 Å². The van der Waals surface area contributed by atoms with Crippen LogP contribution in [-0.2, 0) is 6.54 Å². The minimum absolute atomic E-state index is 0.260. The SMILES string of the molecule is Cc1nc(Cn2cnc3cc(Cl)c(Cl)cc32)sc1C(=O)O. The number of hydrogen-bond acceptors (Lipinski definition) is 4. The summed E-state index contributed by atoms with van der Waals surface area (Å²) in [5, 5.41) is 10.7. The molecule has 0 spiro atoms. The van der Waals surface area contributed by atoms with Crippen LogP contribution in [0.4, 0.5) is 0 Å². The van der Waals surface area contributed by atoms with Gasteiger partial charge in [0.15, 0.2) is 0 Å². The predicted octanol–water partition coefficient (Wildman–Crippen LogP) is 3.85. The maximum absolute atomic E-state index is 11.1. The van der Waals surface area contributed by atoms with Crippen molar-refractivity contribution in [2.45, 2.75) is 13.5 Å². The summed E-state index contributed by atoms with van der Waals surface area (Å²) in [6.07, 6.45) is 1.66. The van der Waals surface area contributed by atoms with Crippen molar-refractivity contribution in [2.24, 2.45) is 0 Å². The Morgan fingerprint density at radius 1 is 1.38 bits per heavy atom. The van der Waals surface area contributed by atoms with Gasteiger partial charge in [-0.25, -0.2) is 14.8 Å². The molecular formula is C13H9Cl2N3O2S. The fourth-order valence-corrected chi connectivity index (χ4v) is 3.26. The second-order valence-corrected chi connectivity index (χ2v) is 6.35. The number of halogens is 2. The van der Waals surface area contributed by atoms with E-state index < -0.39 is 5.97 Å². The van der Waals surface area contributed by atoms with Gasteiger partial charge in [-0.1, -0.05) is 23.2 Å². The van der Waals surface area contributed by atoms with Crippen LogP contribution in [0.2, 0.25) is 10.0 Å². The summed E-state index contributed by atoms with van der Waals surface area (Å²) in [6, 6.07) is 3.44. The first-order chi connectivity index (χ1) is 9.95. The number of hydrogen-bond donors (Lipinski definition) is 1. The topological polar surface area (TPSA) is 68.0 Å². The molecule has 0 atom stereocenters. The molecule has 0 aliphatic rings. The molecule has 2 aromatic heterocycles. The van der Waals surface area contributed by atoms with Crippen molar-refractivity contribution in [3.63, 3.8) is 0 Å². The van der Waals surface area contributed by atoms with Gasteiger partial charge in [-0.15, -0.1) is 11.3 Å². The van der Waals surface area contributed by atoms with E-state index in [-0.39, 0.29) is 4.88 Å². The van der Waals surface area contributed by atoms with Crippen LogP contribution < -0.4 is 0 Å². The average Bonchev–Trinajstić information content (AvgIpc) is 2.96. The van der Waals surface area contributed by atoms with Crippen LogP contribution in [0.3, 0.4) is 0 Å². The van der Waals surface area contributed by atoms with Crippen LogP contribution >= 0.6 is 34.5 Å². The zero-order valence-corrected chi connectivity index (χ0v) is 13.1. The number of rotatable bonds is 3. The molecule has 5 nitrogen and oxygen atoms in total. The number of carboxylic acids is 1. The van der Waals surface area contributed by atoms with Crippen LogP contribution in [0.25, 0.3) is 11.0 Å².